The molecule has 0 radical (unpaired) electrons. The highest BCUT2D eigenvalue weighted by Gasteiger charge is 2.26. The van der Waals surface area contributed by atoms with E-state index in [2.05, 4.69) is 0 Å². The first-order valence-corrected chi connectivity index (χ1v) is 8.45. The molecule has 0 amide bonds. The van der Waals surface area contributed by atoms with Crippen LogP contribution in [-0.4, -0.2) is 23.7 Å². The highest BCUT2D eigenvalue weighted by Crippen LogP contribution is 2.31. The smallest absolute Gasteiger partial charge is 0.339 e. The number of unbranched alkanes of at least 4 members (excludes halogenated alkanes) is 1. The number of hydrogen-bond acceptors (Lipinski definition) is 3. The van der Waals surface area contributed by atoms with Gasteiger partial charge in [0, 0.05) is 5.02 Å². The summed E-state index contributed by atoms with van der Waals surface area (Å²) in [4.78, 5) is 24.1. The van der Waals surface area contributed by atoms with Gasteiger partial charge >= 0.3 is 11.9 Å². The largest absolute Gasteiger partial charge is 0.478 e. The van der Waals surface area contributed by atoms with Gasteiger partial charge in [-0.15, -0.1) is 0 Å². The molecule has 1 aromatic carbocycles. The average molecular weight is 341 g/mol. The van der Waals surface area contributed by atoms with Crippen LogP contribution in [0.2, 0.25) is 5.02 Å². The van der Waals surface area contributed by atoms with E-state index in [9.17, 15) is 14.7 Å². The number of carboxylic acids is 1. The van der Waals surface area contributed by atoms with Crippen molar-refractivity contribution in [2.24, 2.45) is 5.92 Å². The van der Waals surface area contributed by atoms with Gasteiger partial charge in [-0.3, -0.25) is 0 Å². The van der Waals surface area contributed by atoms with Crippen LogP contribution in [-0.2, 0) is 17.6 Å². The summed E-state index contributed by atoms with van der Waals surface area (Å²) in [5.41, 5.74) is 1.37. The number of halogens is 1. The van der Waals surface area contributed by atoms with Gasteiger partial charge in [-0.2, -0.15) is 0 Å². The van der Waals surface area contributed by atoms with Crippen LogP contribution in [0.4, 0.5) is 0 Å². The summed E-state index contributed by atoms with van der Waals surface area (Å²) in [5.74, 6) is -1.51. The molecule has 0 aliphatic carbocycles. The molecular weight excluding hydrogens is 316 g/mol. The van der Waals surface area contributed by atoms with Crippen molar-refractivity contribution in [1.82, 2.24) is 0 Å². The molecule has 0 aliphatic heterocycles. The third-order valence-electron chi connectivity index (χ3n) is 3.59. The fourth-order valence-corrected chi connectivity index (χ4v) is 2.79. The van der Waals surface area contributed by atoms with Crippen LogP contribution < -0.4 is 0 Å². The van der Waals surface area contributed by atoms with E-state index in [0.717, 1.165) is 18.4 Å². The number of rotatable bonds is 8. The van der Waals surface area contributed by atoms with Crippen molar-refractivity contribution >= 4 is 23.5 Å². The topological polar surface area (TPSA) is 63.6 Å². The lowest BCUT2D eigenvalue weighted by Crippen LogP contribution is -2.17. The number of esters is 1. The maximum absolute atomic E-state index is 12.3. The zero-order valence-electron chi connectivity index (χ0n) is 14.2. The second kappa shape index (κ2) is 8.92. The quantitative estimate of drug-likeness (QED) is 0.547. The first-order chi connectivity index (χ1) is 10.8. The number of carbonyl (C=O) groups is 2. The lowest BCUT2D eigenvalue weighted by Gasteiger charge is -2.17. The monoisotopic (exact) mass is 340 g/mol. The molecule has 1 aromatic rings. The second-order valence-corrected chi connectivity index (χ2v) is 6.37. The fourth-order valence-electron chi connectivity index (χ4n) is 2.43. The van der Waals surface area contributed by atoms with Gasteiger partial charge in [0.25, 0.3) is 0 Å². The Bertz CT molecular complexity index is 579. The molecule has 4 nitrogen and oxygen atoms in total. The molecule has 0 saturated carbocycles. The lowest BCUT2D eigenvalue weighted by molar-refractivity contribution is 0.0489. The zero-order valence-corrected chi connectivity index (χ0v) is 15.0. The van der Waals surface area contributed by atoms with Gasteiger partial charge < -0.3 is 9.84 Å². The Morgan fingerprint density at radius 2 is 1.96 bits per heavy atom. The Morgan fingerprint density at radius 1 is 1.30 bits per heavy atom. The first kappa shape index (κ1) is 19.5. The summed E-state index contributed by atoms with van der Waals surface area (Å²) >= 11 is 6.39. The van der Waals surface area contributed by atoms with E-state index >= 15 is 0 Å². The van der Waals surface area contributed by atoms with Crippen LogP contribution >= 0.6 is 11.6 Å². The molecular formula is C18H25ClO4. The maximum Gasteiger partial charge on any atom is 0.339 e. The molecule has 0 fully saturated rings. The van der Waals surface area contributed by atoms with E-state index < -0.39 is 11.9 Å². The van der Waals surface area contributed by atoms with E-state index in [4.69, 9.17) is 16.3 Å². The molecule has 1 rings (SSSR count). The number of benzene rings is 1. The zero-order chi connectivity index (χ0) is 17.6. The number of carbonyl (C=O) groups excluding carboxylic acids is 1. The minimum absolute atomic E-state index is 0.0256. The van der Waals surface area contributed by atoms with Crippen molar-refractivity contribution in [2.45, 2.75) is 53.4 Å². The van der Waals surface area contributed by atoms with Crippen LogP contribution in [0.25, 0.3) is 0 Å². The van der Waals surface area contributed by atoms with Crippen LogP contribution in [0.15, 0.2) is 6.07 Å². The Morgan fingerprint density at radius 3 is 2.43 bits per heavy atom. The van der Waals surface area contributed by atoms with Gasteiger partial charge in [0.1, 0.15) is 0 Å². The molecule has 0 spiro atoms. The Labute approximate surface area is 142 Å². The van der Waals surface area contributed by atoms with Crippen molar-refractivity contribution in [1.29, 1.82) is 0 Å². The molecule has 0 unspecified atom stereocenters. The van der Waals surface area contributed by atoms with Crippen LogP contribution in [0, 0.1) is 5.92 Å². The molecule has 0 aromatic heterocycles. The van der Waals surface area contributed by atoms with E-state index in [1.807, 2.05) is 27.7 Å². The Kier molecular flexibility index (Phi) is 7.56. The molecule has 128 valence electrons. The van der Waals surface area contributed by atoms with Crippen LogP contribution in [0.3, 0.4) is 0 Å². The normalized spacial score (nSPS) is 10.9. The summed E-state index contributed by atoms with van der Waals surface area (Å²) in [5, 5.41) is 10.0. The minimum atomic E-state index is -1.15. The van der Waals surface area contributed by atoms with Gasteiger partial charge in [0.2, 0.25) is 0 Å². The SMILES string of the molecule is CCCCOC(=O)c1cc(CC)c(Cl)c(CC(C)C)c1C(=O)O. The van der Waals surface area contributed by atoms with Crippen molar-refractivity contribution < 1.29 is 19.4 Å². The van der Waals surface area contributed by atoms with Crippen molar-refractivity contribution in [2.75, 3.05) is 6.61 Å². The lowest BCUT2D eigenvalue weighted by atomic mass is 9.91. The van der Waals surface area contributed by atoms with E-state index in [-0.39, 0.29) is 23.7 Å². The maximum atomic E-state index is 12.3. The molecule has 0 heterocycles. The minimum Gasteiger partial charge on any atom is -0.478 e. The van der Waals surface area contributed by atoms with Gasteiger partial charge in [-0.25, -0.2) is 9.59 Å². The third kappa shape index (κ3) is 4.96. The third-order valence-corrected chi connectivity index (χ3v) is 4.07. The highest BCUT2D eigenvalue weighted by atomic mass is 35.5. The molecule has 0 atom stereocenters. The molecule has 0 bridgehead atoms. The Balaban J connectivity index is 3.42. The highest BCUT2D eigenvalue weighted by molar-refractivity contribution is 6.33. The van der Waals surface area contributed by atoms with E-state index in [1.54, 1.807) is 6.07 Å². The number of hydrogen-bond donors (Lipinski definition) is 1. The molecule has 1 N–H and O–H groups in total. The Hall–Kier alpha value is -1.55. The summed E-state index contributed by atoms with van der Waals surface area (Å²) in [6, 6.07) is 1.56. The summed E-state index contributed by atoms with van der Waals surface area (Å²) in [7, 11) is 0. The van der Waals surface area contributed by atoms with Gasteiger partial charge in [-0.05, 0) is 42.4 Å². The van der Waals surface area contributed by atoms with Crippen molar-refractivity contribution in [3.63, 3.8) is 0 Å². The van der Waals surface area contributed by atoms with E-state index in [0.29, 0.717) is 23.4 Å². The fraction of sp³-hybridized carbons (Fsp3) is 0.556. The van der Waals surface area contributed by atoms with Crippen LogP contribution in [0.1, 0.15) is 72.4 Å². The summed E-state index contributed by atoms with van der Waals surface area (Å²) in [6.45, 7) is 8.18. The number of ether oxygens (including phenoxy) is 1. The predicted molar refractivity (Wildman–Crippen MR) is 91.5 cm³/mol. The molecule has 5 heteroatoms. The first-order valence-electron chi connectivity index (χ1n) is 8.08. The second-order valence-electron chi connectivity index (χ2n) is 6.00. The number of aryl methyl sites for hydroxylation is 1. The predicted octanol–water partition coefficient (Wildman–Crippen LogP) is 4.76. The van der Waals surface area contributed by atoms with E-state index in [1.165, 1.54) is 0 Å². The van der Waals surface area contributed by atoms with Crippen molar-refractivity contribution in [3.8, 4) is 0 Å². The van der Waals surface area contributed by atoms with Gasteiger partial charge in [0.15, 0.2) is 0 Å². The molecule has 0 saturated heterocycles. The number of aromatic carboxylic acids is 1. The van der Waals surface area contributed by atoms with Gasteiger partial charge in [-0.1, -0.05) is 45.7 Å². The van der Waals surface area contributed by atoms with Gasteiger partial charge in [0.05, 0.1) is 17.7 Å². The standard InChI is InChI=1S/C18H25ClO4/c1-5-7-8-23-18(22)14-10-12(6-2)16(19)13(9-11(3)4)15(14)17(20)21/h10-11H,5-9H2,1-4H3,(H,20,21). The summed E-state index contributed by atoms with van der Waals surface area (Å²) < 4.78 is 5.21. The van der Waals surface area contributed by atoms with Crippen LogP contribution in [0.5, 0.6) is 0 Å². The molecule has 23 heavy (non-hydrogen) atoms. The average Bonchev–Trinajstić information content (AvgIpc) is 2.48. The van der Waals surface area contributed by atoms with Crippen molar-refractivity contribution in [3.05, 3.63) is 33.3 Å². The summed E-state index contributed by atoms with van der Waals surface area (Å²) in [6.07, 6.45) is 2.78. The molecule has 0 aliphatic rings. The number of carboxylic acid groups (broad SMARTS) is 1.